The molecule has 194 valence electrons. The first kappa shape index (κ1) is 35.1. The van der Waals surface area contributed by atoms with Crippen LogP contribution in [0.5, 0.6) is 0 Å². The molecular formula is C26H58N4O2. The second-order valence-corrected chi connectivity index (χ2v) is 7.42. The summed E-state index contributed by atoms with van der Waals surface area (Å²) >= 11 is 0. The maximum atomic E-state index is 11.5. The van der Waals surface area contributed by atoms with Crippen molar-refractivity contribution in [2.45, 2.75) is 133 Å². The minimum atomic E-state index is 0.102. The van der Waals surface area contributed by atoms with Crippen LogP contribution in [0.4, 0.5) is 9.59 Å². The fourth-order valence-corrected chi connectivity index (χ4v) is 3.03. The zero-order valence-electron chi connectivity index (χ0n) is 23.4. The van der Waals surface area contributed by atoms with Crippen molar-refractivity contribution < 1.29 is 9.59 Å². The average molecular weight is 459 g/mol. The highest BCUT2D eigenvalue weighted by Gasteiger charge is 2.26. The van der Waals surface area contributed by atoms with Gasteiger partial charge in [0.2, 0.25) is 0 Å². The van der Waals surface area contributed by atoms with Gasteiger partial charge in [-0.15, -0.1) is 0 Å². The van der Waals surface area contributed by atoms with E-state index in [4.69, 9.17) is 0 Å². The van der Waals surface area contributed by atoms with Crippen molar-refractivity contribution in [1.29, 1.82) is 0 Å². The van der Waals surface area contributed by atoms with E-state index in [-0.39, 0.29) is 18.1 Å². The first-order chi connectivity index (χ1) is 15.6. The molecule has 0 spiro atoms. The number of likely N-dealkylation sites (tertiary alicyclic amines) is 2. The van der Waals surface area contributed by atoms with Gasteiger partial charge in [-0.05, 0) is 65.2 Å². The van der Waals surface area contributed by atoms with Gasteiger partial charge in [0.1, 0.15) is 0 Å². The summed E-state index contributed by atoms with van der Waals surface area (Å²) in [6.07, 6.45) is 9.59. The number of rotatable bonds is 2. The van der Waals surface area contributed by atoms with E-state index < -0.39 is 0 Å². The standard InChI is InChI=1S/C9H16N2O.C9H18N2O.4C2H6/c12-9(10-8-4-5-8)11-6-2-1-3-7-11;1-8(2)10-9(12)11-6-4-3-5-7-11;4*1-2/h8H,1-7H2,(H,10,12);8H,3-7H2,1-2H3,(H,10,12);4*1-2H3. The third-order valence-electron chi connectivity index (χ3n) is 4.60. The Kier molecular flexibility index (Phi) is 28.3. The van der Waals surface area contributed by atoms with Crippen molar-refractivity contribution in [3.8, 4) is 0 Å². The van der Waals surface area contributed by atoms with E-state index in [0.717, 1.165) is 39.0 Å². The molecule has 1 saturated carbocycles. The Hall–Kier alpha value is -1.46. The van der Waals surface area contributed by atoms with E-state index >= 15 is 0 Å². The Morgan fingerprint density at radius 1 is 0.625 bits per heavy atom. The third kappa shape index (κ3) is 19.2. The first-order valence-electron chi connectivity index (χ1n) is 13.7. The quantitative estimate of drug-likeness (QED) is 0.466. The molecule has 6 heteroatoms. The normalized spacial score (nSPS) is 16.5. The molecule has 0 atom stereocenters. The molecule has 3 fully saturated rings. The van der Waals surface area contributed by atoms with Gasteiger partial charge in [-0.2, -0.15) is 0 Å². The van der Waals surface area contributed by atoms with Gasteiger partial charge >= 0.3 is 12.1 Å². The summed E-state index contributed by atoms with van der Waals surface area (Å²) in [5.41, 5.74) is 0. The van der Waals surface area contributed by atoms with Crippen LogP contribution >= 0.6 is 0 Å². The third-order valence-corrected chi connectivity index (χ3v) is 4.60. The van der Waals surface area contributed by atoms with Crippen LogP contribution in [0.1, 0.15) is 121 Å². The Labute approximate surface area is 201 Å². The predicted molar refractivity (Wildman–Crippen MR) is 141 cm³/mol. The summed E-state index contributed by atoms with van der Waals surface area (Å²) in [6.45, 7) is 23.7. The molecule has 2 aliphatic heterocycles. The smallest absolute Gasteiger partial charge is 0.317 e. The van der Waals surface area contributed by atoms with Crippen LogP contribution < -0.4 is 10.6 Å². The van der Waals surface area contributed by atoms with E-state index in [1.807, 2.05) is 79.0 Å². The van der Waals surface area contributed by atoms with E-state index in [2.05, 4.69) is 10.6 Å². The zero-order valence-corrected chi connectivity index (χ0v) is 23.4. The first-order valence-corrected chi connectivity index (χ1v) is 13.7. The van der Waals surface area contributed by atoms with E-state index in [0.29, 0.717) is 6.04 Å². The Balaban J connectivity index is -0.000000401. The highest BCUT2D eigenvalue weighted by Crippen LogP contribution is 2.19. The van der Waals surface area contributed by atoms with E-state index in [1.54, 1.807) is 0 Å². The van der Waals surface area contributed by atoms with Crippen LogP contribution in [0.3, 0.4) is 0 Å². The van der Waals surface area contributed by atoms with E-state index in [9.17, 15) is 9.59 Å². The Morgan fingerprint density at radius 3 is 1.28 bits per heavy atom. The second kappa shape index (κ2) is 25.8. The molecule has 4 amide bonds. The van der Waals surface area contributed by atoms with Crippen molar-refractivity contribution in [3.63, 3.8) is 0 Å². The van der Waals surface area contributed by atoms with Gasteiger partial charge in [0.05, 0.1) is 0 Å². The lowest BCUT2D eigenvalue weighted by molar-refractivity contribution is 0.184. The number of carbonyl (C=O) groups is 2. The summed E-state index contributed by atoms with van der Waals surface area (Å²) in [5, 5.41) is 5.91. The monoisotopic (exact) mass is 458 g/mol. The molecule has 2 N–H and O–H groups in total. The maximum absolute atomic E-state index is 11.5. The van der Waals surface area contributed by atoms with Crippen LogP contribution in [0, 0.1) is 0 Å². The molecule has 0 aromatic carbocycles. The molecule has 32 heavy (non-hydrogen) atoms. The predicted octanol–water partition coefficient (Wildman–Crippen LogP) is 7.04. The Bertz CT molecular complexity index is 371. The molecule has 0 radical (unpaired) electrons. The number of carbonyl (C=O) groups excluding carboxylic acids is 2. The van der Waals surface area contributed by atoms with Gasteiger partial charge < -0.3 is 20.4 Å². The highest BCUT2D eigenvalue weighted by molar-refractivity contribution is 5.75. The molecule has 2 heterocycles. The van der Waals surface area contributed by atoms with Crippen molar-refractivity contribution >= 4 is 12.1 Å². The fraction of sp³-hybridized carbons (Fsp3) is 0.923. The van der Waals surface area contributed by atoms with Crippen LogP contribution in [0.25, 0.3) is 0 Å². The molecule has 1 aliphatic carbocycles. The number of piperidine rings is 2. The van der Waals surface area contributed by atoms with Crippen LogP contribution in [-0.2, 0) is 0 Å². The van der Waals surface area contributed by atoms with Crippen LogP contribution in [0.15, 0.2) is 0 Å². The summed E-state index contributed by atoms with van der Waals surface area (Å²) in [6, 6.07) is 1.01. The molecule has 2 saturated heterocycles. The summed E-state index contributed by atoms with van der Waals surface area (Å²) < 4.78 is 0. The number of nitrogens with zero attached hydrogens (tertiary/aromatic N) is 2. The zero-order chi connectivity index (χ0) is 25.4. The number of amides is 4. The Morgan fingerprint density at radius 2 is 0.969 bits per heavy atom. The van der Waals surface area contributed by atoms with Crippen molar-refractivity contribution in [1.82, 2.24) is 20.4 Å². The molecule has 0 aromatic heterocycles. The van der Waals surface area contributed by atoms with Crippen molar-refractivity contribution in [2.75, 3.05) is 26.2 Å². The van der Waals surface area contributed by atoms with Gasteiger partial charge in [-0.3, -0.25) is 0 Å². The van der Waals surface area contributed by atoms with Crippen LogP contribution in [-0.4, -0.2) is 60.1 Å². The van der Waals surface area contributed by atoms with Crippen LogP contribution in [0.2, 0.25) is 0 Å². The largest absolute Gasteiger partial charge is 0.336 e. The summed E-state index contributed by atoms with van der Waals surface area (Å²) in [7, 11) is 0. The lowest BCUT2D eigenvalue weighted by atomic mass is 10.1. The molecule has 3 aliphatic rings. The molecule has 0 bridgehead atoms. The van der Waals surface area contributed by atoms with Gasteiger partial charge in [0.15, 0.2) is 0 Å². The number of urea groups is 2. The summed E-state index contributed by atoms with van der Waals surface area (Å²) in [5.74, 6) is 0. The molecule has 3 rings (SSSR count). The van der Waals surface area contributed by atoms with Crippen molar-refractivity contribution in [2.24, 2.45) is 0 Å². The summed E-state index contributed by atoms with van der Waals surface area (Å²) in [4.78, 5) is 26.7. The molecular weight excluding hydrogens is 400 g/mol. The minimum absolute atomic E-state index is 0.102. The highest BCUT2D eigenvalue weighted by atomic mass is 16.2. The maximum Gasteiger partial charge on any atom is 0.317 e. The van der Waals surface area contributed by atoms with Gasteiger partial charge in [0, 0.05) is 38.3 Å². The average Bonchev–Trinajstić information content (AvgIpc) is 3.69. The van der Waals surface area contributed by atoms with Gasteiger partial charge in [-0.1, -0.05) is 55.4 Å². The minimum Gasteiger partial charge on any atom is -0.336 e. The SMILES string of the molecule is CC.CC.CC.CC.CC(C)NC(=O)N1CCCCC1.O=C(NC1CC1)N1CCCCC1. The lowest BCUT2D eigenvalue weighted by Gasteiger charge is -2.27. The molecule has 0 unspecified atom stereocenters. The van der Waals surface area contributed by atoms with Crippen molar-refractivity contribution in [3.05, 3.63) is 0 Å². The second-order valence-electron chi connectivity index (χ2n) is 7.42. The van der Waals surface area contributed by atoms with E-state index in [1.165, 1.54) is 38.5 Å². The molecule has 0 aromatic rings. The number of hydrogen-bond donors (Lipinski definition) is 2. The molecule has 6 nitrogen and oxygen atoms in total. The topological polar surface area (TPSA) is 64.7 Å². The lowest BCUT2D eigenvalue weighted by Crippen LogP contribution is -2.45. The fourth-order valence-electron chi connectivity index (χ4n) is 3.03. The van der Waals surface area contributed by atoms with Gasteiger partial charge in [0.25, 0.3) is 0 Å². The van der Waals surface area contributed by atoms with Gasteiger partial charge in [-0.25, -0.2) is 9.59 Å². The number of hydrogen-bond acceptors (Lipinski definition) is 2. The number of nitrogens with one attached hydrogen (secondary N) is 2.